The molecule has 0 unspecified atom stereocenters. The van der Waals surface area contributed by atoms with Crippen molar-refractivity contribution in [3.63, 3.8) is 0 Å². The number of carbonyl (C=O) groups excluding carboxylic acids is 1. The van der Waals surface area contributed by atoms with E-state index in [-0.39, 0.29) is 10.8 Å². The highest BCUT2D eigenvalue weighted by atomic mass is 35.5. The van der Waals surface area contributed by atoms with Crippen molar-refractivity contribution < 1.29 is 13.2 Å². The summed E-state index contributed by atoms with van der Waals surface area (Å²) in [6.07, 6.45) is 3.93. The second-order valence-electron chi connectivity index (χ2n) is 9.51. The molecule has 3 aromatic rings. The number of piperazine rings is 1. The summed E-state index contributed by atoms with van der Waals surface area (Å²) >= 11 is 7.94. The fraction of sp³-hybridized carbons (Fsp3) is 0.462. The molecule has 0 aliphatic carbocycles. The SMILES string of the molecule is O=C(NCCN1CCN(c2nc3c(Cl)cccc3s2)CC1)c1ccc(S(=O)(=O)N2CCCCCC2)cc1. The molecule has 0 atom stereocenters. The number of halogens is 1. The summed E-state index contributed by atoms with van der Waals surface area (Å²) in [5, 5.41) is 4.64. The zero-order valence-corrected chi connectivity index (χ0v) is 23.1. The number of hydrogen-bond donors (Lipinski definition) is 1. The smallest absolute Gasteiger partial charge is 0.251 e. The molecule has 3 heterocycles. The van der Waals surface area contributed by atoms with Crippen LogP contribution in [0.1, 0.15) is 36.0 Å². The number of amides is 1. The maximum Gasteiger partial charge on any atom is 0.251 e. The van der Waals surface area contributed by atoms with Gasteiger partial charge in [-0.1, -0.05) is 41.8 Å². The van der Waals surface area contributed by atoms with Crippen LogP contribution in [0.15, 0.2) is 47.4 Å². The van der Waals surface area contributed by atoms with Crippen LogP contribution in [0.5, 0.6) is 0 Å². The van der Waals surface area contributed by atoms with Crippen LogP contribution >= 0.6 is 22.9 Å². The predicted molar refractivity (Wildman–Crippen MR) is 149 cm³/mol. The van der Waals surface area contributed by atoms with Crippen LogP contribution in [0.3, 0.4) is 0 Å². The Hall–Kier alpha value is -2.24. The number of fused-ring (bicyclic) bond motifs is 1. The first-order chi connectivity index (χ1) is 17.9. The van der Waals surface area contributed by atoms with E-state index in [1.54, 1.807) is 39.9 Å². The van der Waals surface area contributed by atoms with E-state index in [0.717, 1.165) is 73.8 Å². The van der Waals surface area contributed by atoms with Crippen molar-refractivity contribution in [3.8, 4) is 0 Å². The van der Waals surface area contributed by atoms with Gasteiger partial charge in [0.2, 0.25) is 10.0 Å². The number of para-hydroxylation sites is 1. The van der Waals surface area contributed by atoms with Crippen LogP contribution in [0.2, 0.25) is 5.02 Å². The lowest BCUT2D eigenvalue weighted by Crippen LogP contribution is -2.48. The van der Waals surface area contributed by atoms with Gasteiger partial charge in [0.05, 0.1) is 14.6 Å². The minimum Gasteiger partial charge on any atom is -0.351 e. The van der Waals surface area contributed by atoms with Crippen LogP contribution < -0.4 is 10.2 Å². The summed E-state index contributed by atoms with van der Waals surface area (Å²) in [5.41, 5.74) is 1.33. The van der Waals surface area contributed by atoms with Crippen molar-refractivity contribution in [2.45, 2.75) is 30.6 Å². The average Bonchev–Trinajstić information content (AvgIpc) is 3.16. The minimum atomic E-state index is -3.51. The van der Waals surface area contributed by atoms with Crippen molar-refractivity contribution >= 4 is 54.2 Å². The normalized spacial score (nSPS) is 18.1. The molecule has 8 nitrogen and oxygen atoms in total. The van der Waals surface area contributed by atoms with E-state index in [9.17, 15) is 13.2 Å². The summed E-state index contributed by atoms with van der Waals surface area (Å²) in [5.74, 6) is -0.191. The van der Waals surface area contributed by atoms with E-state index in [2.05, 4.69) is 15.1 Å². The molecule has 0 radical (unpaired) electrons. The van der Waals surface area contributed by atoms with E-state index in [1.807, 2.05) is 18.2 Å². The van der Waals surface area contributed by atoms with Gasteiger partial charge < -0.3 is 10.2 Å². The number of sulfonamides is 1. The van der Waals surface area contributed by atoms with Gasteiger partial charge in [-0.15, -0.1) is 0 Å². The average molecular weight is 562 g/mol. The van der Waals surface area contributed by atoms with E-state index < -0.39 is 10.0 Å². The Bertz CT molecular complexity index is 1330. The molecule has 198 valence electrons. The topological polar surface area (TPSA) is 85.9 Å². The molecule has 5 rings (SSSR count). The molecule has 11 heteroatoms. The molecular formula is C26H32ClN5O3S2. The first-order valence-corrected chi connectivity index (χ1v) is 15.5. The molecule has 2 fully saturated rings. The third kappa shape index (κ3) is 6.09. The Morgan fingerprint density at radius 2 is 1.65 bits per heavy atom. The number of benzene rings is 2. The van der Waals surface area contributed by atoms with Gasteiger partial charge in [-0.25, -0.2) is 13.4 Å². The maximum atomic E-state index is 12.9. The lowest BCUT2D eigenvalue weighted by atomic mass is 10.2. The van der Waals surface area contributed by atoms with Gasteiger partial charge in [0.15, 0.2) is 5.13 Å². The fourth-order valence-electron chi connectivity index (χ4n) is 4.84. The van der Waals surface area contributed by atoms with Crippen molar-refractivity contribution in [2.75, 3.05) is 57.3 Å². The first-order valence-electron chi connectivity index (χ1n) is 12.8. The summed E-state index contributed by atoms with van der Waals surface area (Å²) in [6.45, 7) is 5.94. The Kier molecular flexibility index (Phi) is 8.31. The molecule has 2 aliphatic rings. The third-order valence-electron chi connectivity index (χ3n) is 7.03. The number of hydrogen-bond acceptors (Lipinski definition) is 7. The molecule has 0 spiro atoms. The van der Waals surface area contributed by atoms with Crippen molar-refractivity contribution in [1.29, 1.82) is 0 Å². The molecule has 2 aliphatic heterocycles. The molecule has 2 aromatic carbocycles. The Morgan fingerprint density at radius 1 is 0.946 bits per heavy atom. The van der Waals surface area contributed by atoms with Crippen LogP contribution in [0.25, 0.3) is 10.2 Å². The monoisotopic (exact) mass is 561 g/mol. The van der Waals surface area contributed by atoms with Gasteiger partial charge in [-0.2, -0.15) is 4.31 Å². The molecule has 0 saturated carbocycles. The lowest BCUT2D eigenvalue weighted by Gasteiger charge is -2.34. The van der Waals surface area contributed by atoms with Crippen LogP contribution in [0.4, 0.5) is 5.13 Å². The van der Waals surface area contributed by atoms with E-state index in [1.165, 1.54) is 0 Å². The summed E-state index contributed by atoms with van der Waals surface area (Å²) in [4.78, 5) is 22.2. The maximum absolute atomic E-state index is 12.9. The number of thiazole rings is 1. The second-order valence-corrected chi connectivity index (χ2v) is 12.9. The van der Waals surface area contributed by atoms with Gasteiger partial charge in [-0.3, -0.25) is 9.69 Å². The van der Waals surface area contributed by atoms with E-state index in [0.29, 0.717) is 30.2 Å². The van der Waals surface area contributed by atoms with Crippen LogP contribution in [-0.4, -0.2) is 80.9 Å². The highest BCUT2D eigenvalue weighted by Gasteiger charge is 2.25. The van der Waals surface area contributed by atoms with E-state index >= 15 is 0 Å². The molecule has 0 bridgehead atoms. The minimum absolute atomic E-state index is 0.191. The number of anilines is 1. The van der Waals surface area contributed by atoms with Crippen molar-refractivity contribution in [2.24, 2.45) is 0 Å². The van der Waals surface area contributed by atoms with Crippen molar-refractivity contribution in [1.82, 2.24) is 19.5 Å². The number of carbonyl (C=O) groups is 1. The quantitative estimate of drug-likeness (QED) is 0.468. The Labute approximate surface area is 227 Å². The third-order valence-corrected chi connectivity index (χ3v) is 10.3. The van der Waals surface area contributed by atoms with Crippen LogP contribution in [-0.2, 0) is 10.0 Å². The van der Waals surface area contributed by atoms with Gasteiger partial charge in [-0.05, 0) is 49.2 Å². The zero-order valence-electron chi connectivity index (χ0n) is 20.7. The molecule has 1 N–H and O–H groups in total. The number of aromatic nitrogens is 1. The number of rotatable bonds is 7. The van der Waals surface area contributed by atoms with Gasteiger partial charge in [0, 0.05) is 57.9 Å². The Morgan fingerprint density at radius 3 is 2.32 bits per heavy atom. The predicted octanol–water partition coefficient (Wildman–Crippen LogP) is 4.07. The summed E-state index contributed by atoms with van der Waals surface area (Å²) in [6, 6.07) is 12.2. The standard InChI is InChI=1S/C26H32ClN5O3S2/c27-22-6-5-7-23-24(22)29-26(36-23)31-18-16-30(17-19-31)15-12-28-25(33)20-8-10-21(11-9-20)37(34,35)32-13-3-1-2-4-14-32/h5-11H,1-4,12-19H2,(H,28,33). The number of nitrogens with one attached hydrogen (secondary N) is 1. The fourth-order valence-corrected chi connectivity index (χ4v) is 7.67. The highest BCUT2D eigenvalue weighted by molar-refractivity contribution is 7.89. The van der Waals surface area contributed by atoms with Gasteiger partial charge in [0.25, 0.3) is 5.91 Å². The van der Waals surface area contributed by atoms with Crippen LogP contribution in [0, 0.1) is 0 Å². The molecular weight excluding hydrogens is 530 g/mol. The van der Waals surface area contributed by atoms with E-state index in [4.69, 9.17) is 16.6 Å². The largest absolute Gasteiger partial charge is 0.351 e. The lowest BCUT2D eigenvalue weighted by molar-refractivity contribution is 0.0947. The number of nitrogens with zero attached hydrogens (tertiary/aromatic N) is 4. The summed E-state index contributed by atoms with van der Waals surface area (Å²) in [7, 11) is -3.51. The second kappa shape index (κ2) is 11.7. The molecule has 2 saturated heterocycles. The Balaban J connectivity index is 1.08. The highest BCUT2D eigenvalue weighted by Crippen LogP contribution is 2.33. The molecule has 1 amide bonds. The molecule has 1 aromatic heterocycles. The van der Waals surface area contributed by atoms with Gasteiger partial charge >= 0.3 is 0 Å². The zero-order chi connectivity index (χ0) is 25.8. The van der Waals surface area contributed by atoms with Gasteiger partial charge in [0.1, 0.15) is 5.52 Å². The first kappa shape index (κ1) is 26.4. The summed E-state index contributed by atoms with van der Waals surface area (Å²) < 4.78 is 28.6. The molecule has 37 heavy (non-hydrogen) atoms. The van der Waals surface area contributed by atoms with Crippen molar-refractivity contribution in [3.05, 3.63) is 53.1 Å².